The molecule has 1 aromatic carbocycles. The van der Waals surface area contributed by atoms with Crippen LogP contribution in [0.1, 0.15) is 0 Å². The van der Waals surface area contributed by atoms with Crippen LogP contribution in [0, 0.1) is 0 Å². The number of alkyl halides is 3. The van der Waals surface area contributed by atoms with Gasteiger partial charge in [-0.3, -0.25) is 0 Å². The summed E-state index contributed by atoms with van der Waals surface area (Å²) >= 11 is 0. The molecular formula is C10H8F3N3O2. The lowest BCUT2D eigenvalue weighted by atomic mass is 10.3. The Morgan fingerprint density at radius 3 is 2.56 bits per heavy atom. The molecule has 1 N–H and O–H groups in total. The van der Waals surface area contributed by atoms with E-state index in [0.29, 0.717) is 0 Å². The molecule has 0 aliphatic carbocycles. The van der Waals surface area contributed by atoms with Crippen molar-refractivity contribution in [1.82, 2.24) is 14.3 Å². The zero-order chi connectivity index (χ0) is 13.3. The number of benzene rings is 1. The summed E-state index contributed by atoms with van der Waals surface area (Å²) in [6, 6.07) is 5.80. The van der Waals surface area contributed by atoms with Crippen LogP contribution in [0.15, 0.2) is 35.4 Å². The molecule has 0 amide bonds. The van der Waals surface area contributed by atoms with Crippen LogP contribution < -0.4 is 5.69 Å². The number of phenolic OH excluding ortho intramolecular Hbond substituents is 1. The highest BCUT2D eigenvalue weighted by Gasteiger charge is 2.30. The summed E-state index contributed by atoms with van der Waals surface area (Å²) < 4.78 is 37.6. The Balaban J connectivity index is 2.44. The fraction of sp³-hybridized carbons (Fsp3) is 0.200. The number of hydrogen-bond acceptors (Lipinski definition) is 3. The first-order chi connectivity index (χ1) is 8.38. The predicted molar refractivity (Wildman–Crippen MR) is 55.5 cm³/mol. The van der Waals surface area contributed by atoms with E-state index in [4.69, 9.17) is 0 Å². The van der Waals surface area contributed by atoms with Gasteiger partial charge in [-0.1, -0.05) is 12.1 Å². The molecular weight excluding hydrogens is 251 g/mol. The molecule has 1 heterocycles. The first-order valence-corrected chi connectivity index (χ1v) is 4.88. The van der Waals surface area contributed by atoms with Crippen molar-refractivity contribution in [2.75, 3.05) is 0 Å². The zero-order valence-corrected chi connectivity index (χ0v) is 8.92. The van der Waals surface area contributed by atoms with Gasteiger partial charge in [0.05, 0.1) is 5.69 Å². The molecule has 0 bridgehead atoms. The van der Waals surface area contributed by atoms with Gasteiger partial charge in [0.25, 0.3) is 0 Å². The highest BCUT2D eigenvalue weighted by Crippen LogP contribution is 2.19. The summed E-state index contributed by atoms with van der Waals surface area (Å²) in [4.78, 5) is 11.7. The van der Waals surface area contributed by atoms with Gasteiger partial charge in [-0.05, 0) is 12.1 Å². The van der Waals surface area contributed by atoms with E-state index in [9.17, 15) is 23.1 Å². The van der Waals surface area contributed by atoms with Gasteiger partial charge in [0.15, 0.2) is 0 Å². The molecule has 96 valence electrons. The second-order valence-corrected chi connectivity index (χ2v) is 3.55. The smallest absolute Gasteiger partial charge is 0.408 e. The van der Waals surface area contributed by atoms with Crippen molar-refractivity contribution in [3.05, 3.63) is 41.1 Å². The average molecular weight is 259 g/mol. The molecule has 5 nitrogen and oxygen atoms in total. The maximum Gasteiger partial charge on any atom is 0.408 e. The van der Waals surface area contributed by atoms with Gasteiger partial charge in [0.1, 0.15) is 18.6 Å². The minimum Gasteiger partial charge on any atom is -0.506 e. The van der Waals surface area contributed by atoms with Crippen LogP contribution >= 0.6 is 0 Å². The highest BCUT2D eigenvalue weighted by atomic mass is 19.4. The molecule has 8 heteroatoms. The number of hydrogen-bond donors (Lipinski definition) is 1. The van der Waals surface area contributed by atoms with E-state index < -0.39 is 18.4 Å². The number of halogens is 3. The molecule has 0 saturated heterocycles. The van der Waals surface area contributed by atoms with Crippen molar-refractivity contribution >= 4 is 0 Å². The Kier molecular flexibility index (Phi) is 2.85. The molecule has 0 spiro atoms. The second kappa shape index (κ2) is 4.21. The summed E-state index contributed by atoms with van der Waals surface area (Å²) in [6.07, 6.45) is -3.59. The van der Waals surface area contributed by atoms with Crippen LogP contribution in [-0.2, 0) is 6.54 Å². The maximum absolute atomic E-state index is 12.2. The Labute approximate surface area is 98.7 Å². The fourth-order valence-corrected chi connectivity index (χ4v) is 1.45. The lowest BCUT2D eigenvalue weighted by Crippen LogP contribution is -2.30. The number of aromatic hydroxyl groups is 1. The summed E-state index contributed by atoms with van der Waals surface area (Å²) in [5.74, 6) is -0.217. The minimum absolute atomic E-state index is 0.0796. The van der Waals surface area contributed by atoms with E-state index in [2.05, 4.69) is 5.10 Å². The monoisotopic (exact) mass is 259 g/mol. The molecule has 0 aliphatic heterocycles. The van der Waals surface area contributed by atoms with Crippen LogP contribution in [0.3, 0.4) is 0 Å². The first-order valence-electron chi connectivity index (χ1n) is 4.88. The van der Waals surface area contributed by atoms with Crippen LogP contribution in [-0.4, -0.2) is 25.6 Å². The average Bonchev–Trinajstić information content (AvgIpc) is 2.59. The van der Waals surface area contributed by atoms with Crippen molar-refractivity contribution in [1.29, 1.82) is 0 Å². The third-order valence-electron chi connectivity index (χ3n) is 2.20. The predicted octanol–water partition coefficient (Wildman–Crippen LogP) is 1.30. The van der Waals surface area contributed by atoms with Crippen LogP contribution in [0.25, 0.3) is 5.69 Å². The van der Waals surface area contributed by atoms with E-state index >= 15 is 0 Å². The van der Waals surface area contributed by atoms with Crippen molar-refractivity contribution in [3.8, 4) is 11.4 Å². The third-order valence-corrected chi connectivity index (χ3v) is 2.20. The van der Waals surface area contributed by atoms with Gasteiger partial charge >= 0.3 is 11.9 Å². The van der Waals surface area contributed by atoms with E-state index in [1.165, 1.54) is 18.2 Å². The minimum atomic E-state index is -4.53. The lowest BCUT2D eigenvalue weighted by Gasteiger charge is -2.05. The van der Waals surface area contributed by atoms with Gasteiger partial charge in [0.2, 0.25) is 0 Å². The van der Waals surface area contributed by atoms with Crippen molar-refractivity contribution in [2.24, 2.45) is 0 Å². The molecule has 0 aliphatic rings. The quantitative estimate of drug-likeness (QED) is 0.884. The topological polar surface area (TPSA) is 60.1 Å². The molecule has 1 aromatic heterocycles. The van der Waals surface area contributed by atoms with Crippen LogP contribution in [0.2, 0.25) is 0 Å². The summed E-state index contributed by atoms with van der Waals surface area (Å²) in [5.41, 5.74) is -0.884. The number of nitrogens with zero attached hydrogens (tertiary/aromatic N) is 3. The van der Waals surface area contributed by atoms with Crippen molar-refractivity contribution in [2.45, 2.75) is 12.7 Å². The first kappa shape index (κ1) is 12.2. The molecule has 0 unspecified atom stereocenters. The largest absolute Gasteiger partial charge is 0.506 e. The standard InChI is InChI=1S/C10H8F3N3O2/c11-10(12,13)5-16-9(18)15(6-14-16)7-3-1-2-4-8(7)17/h1-4,6,17H,5H2. The van der Waals surface area contributed by atoms with Crippen LogP contribution in [0.4, 0.5) is 13.2 Å². The summed E-state index contributed by atoms with van der Waals surface area (Å²) in [6.45, 7) is -1.47. The van der Waals surface area contributed by atoms with E-state index in [1.54, 1.807) is 6.07 Å². The van der Waals surface area contributed by atoms with Gasteiger partial charge in [0, 0.05) is 0 Å². The van der Waals surface area contributed by atoms with Crippen LogP contribution in [0.5, 0.6) is 5.75 Å². The van der Waals surface area contributed by atoms with E-state index in [-0.39, 0.29) is 16.1 Å². The molecule has 0 radical (unpaired) electrons. The lowest BCUT2D eigenvalue weighted by molar-refractivity contribution is -0.143. The number of rotatable bonds is 2. The van der Waals surface area contributed by atoms with Crippen molar-refractivity contribution < 1.29 is 18.3 Å². The molecule has 18 heavy (non-hydrogen) atoms. The zero-order valence-electron chi connectivity index (χ0n) is 8.92. The highest BCUT2D eigenvalue weighted by molar-refractivity contribution is 5.44. The van der Waals surface area contributed by atoms with Gasteiger partial charge in [-0.25, -0.2) is 14.0 Å². The number of phenols is 1. The number of aromatic nitrogens is 3. The Hall–Kier alpha value is -2.25. The van der Waals surface area contributed by atoms with Gasteiger partial charge in [-0.2, -0.15) is 18.3 Å². The van der Waals surface area contributed by atoms with Gasteiger partial charge in [-0.15, -0.1) is 0 Å². The Morgan fingerprint density at radius 2 is 1.94 bits per heavy atom. The molecule has 0 saturated carbocycles. The Bertz CT molecular complexity index is 615. The maximum atomic E-state index is 12.2. The fourth-order valence-electron chi connectivity index (χ4n) is 1.45. The number of para-hydroxylation sites is 2. The van der Waals surface area contributed by atoms with Crippen molar-refractivity contribution in [3.63, 3.8) is 0 Å². The third kappa shape index (κ3) is 2.36. The van der Waals surface area contributed by atoms with E-state index in [1.807, 2.05) is 0 Å². The Morgan fingerprint density at radius 1 is 1.28 bits per heavy atom. The second-order valence-electron chi connectivity index (χ2n) is 3.55. The molecule has 0 fully saturated rings. The molecule has 2 aromatic rings. The normalized spacial score (nSPS) is 11.7. The van der Waals surface area contributed by atoms with Gasteiger partial charge < -0.3 is 5.11 Å². The molecule has 0 atom stereocenters. The van der Waals surface area contributed by atoms with E-state index in [0.717, 1.165) is 10.9 Å². The summed E-state index contributed by atoms with van der Waals surface area (Å²) in [5, 5.41) is 12.9. The summed E-state index contributed by atoms with van der Waals surface area (Å²) in [7, 11) is 0. The SMILES string of the molecule is O=c1n(-c2ccccc2O)cnn1CC(F)(F)F. The molecule has 2 rings (SSSR count).